The molecule has 0 aliphatic carbocycles. The fourth-order valence-corrected chi connectivity index (χ4v) is 4.12. The van der Waals surface area contributed by atoms with Gasteiger partial charge in [-0.1, -0.05) is 62.4 Å². The lowest BCUT2D eigenvalue weighted by Gasteiger charge is -2.37. The summed E-state index contributed by atoms with van der Waals surface area (Å²) in [5, 5.41) is 0. The Morgan fingerprint density at radius 3 is 2.19 bits per heavy atom. The van der Waals surface area contributed by atoms with Crippen LogP contribution in [-0.2, 0) is 4.79 Å². The molecular formula is C26H30N4O2. The van der Waals surface area contributed by atoms with E-state index >= 15 is 0 Å². The van der Waals surface area contributed by atoms with Crippen LogP contribution in [0.5, 0.6) is 5.75 Å². The average Bonchev–Trinajstić information content (AvgIpc) is 2.83. The number of anilines is 1. The molecule has 6 heteroatoms. The van der Waals surface area contributed by atoms with Crippen LogP contribution in [0.1, 0.15) is 31.0 Å². The second kappa shape index (κ2) is 9.81. The Labute approximate surface area is 189 Å². The number of ether oxygens (including phenoxy) is 1. The number of hydrogen-bond donors (Lipinski definition) is 0. The minimum absolute atomic E-state index is 0.0152. The minimum Gasteiger partial charge on any atom is -0.484 e. The molecule has 0 saturated carbocycles. The molecule has 0 atom stereocenters. The average molecular weight is 431 g/mol. The number of para-hydroxylation sites is 1. The van der Waals surface area contributed by atoms with E-state index in [1.54, 1.807) is 0 Å². The van der Waals surface area contributed by atoms with Crippen LogP contribution in [0.2, 0.25) is 0 Å². The number of carbonyl (C=O) groups is 1. The van der Waals surface area contributed by atoms with Crippen molar-refractivity contribution in [1.29, 1.82) is 0 Å². The van der Waals surface area contributed by atoms with E-state index in [1.165, 1.54) is 5.56 Å². The molecule has 166 valence electrons. The number of amides is 1. The van der Waals surface area contributed by atoms with E-state index in [-0.39, 0.29) is 12.5 Å². The van der Waals surface area contributed by atoms with E-state index in [9.17, 15) is 4.79 Å². The number of aromatic nitrogens is 2. The summed E-state index contributed by atoms with van der Waals surface area (Å²) in [4.78, 5) is 26.6. The van der Waals surface area contributed by atoms with Gasteiger partial charge in [0.15, 0.2) is 12.4 Å². The molecule has 1 aliphatic rings. The molecule has 3 aromatic rings. The van der Waals surface area contributed by atoms with E-state index in [2.05, 4.69) is 25.7 Å². The highest BCUT2D eigenvalue weighted by Crippen LogP contribution is 2.31. The van der Waals surface area contributed by atoms with E-state index < -0.39 is 0 Å². The number of piperazine rings is 1. The highest BCUT2D eigenvalue weighted by Gasteiger charge is 2.26. The van der Waals surface area contributed by atoms with Gasteiger partial charge in [-0.2, -0.15) is 0 Å². The summed E-state index contributed by atoms with van der Waals surface area (Å²) >= 11 is 0. The van der Waals surface area contributed by atoms with Crippen molar-refractivity contribution in [2.75, 3.05) is 37.7 Å². The highest BCUT2D eigenvalue weighted by molar-refractivity contribution is 5.78. The molecule has 1 fully saturated rings. The van der Waals surface area contributed by atoms with Crippen molar-refractivity contribution in [3.63, 3.8) is 0 Å². The third-order valence-corrected chi connectivity index (χ3v) is 5.76. The number of carbonyl (C=O) groups excluding carboxylic acids is 1. The number of hydrogen-bond acceptors (Lipinski definition) is 5. The summed E-state index contributed by atoms with van der Waals surface area (Å²) in [7, 11) is 0. The van der Waals surface area contributed by atoms with Gasteiger partial charge in [-0.15, -0.1) is 0 Å². The molecule has 1 amide bonds. The maximum absolute atomic E-state index is 12.6. The molecule has 1 aromatic heterocycles. The molecule has 2 heterocycles. The standard InChI is InChI=1S/C26H30N4O2/c1-19(2)24-20(3)27-25(21-10-6-4-7-11-21)28-26(24)30-16-14-29(15-17-30)23(31)18-32-22-12-8-5-9-13-22/h4-13,19H,14-18H2,1-3H3. The molecule has 0 radical (unpaired) electrons. The highest BCUT2D eigenvalue weighted by atomic mass is 16.5. The van der Waals surface area contributed by atoms with Crippen molar-refractivity contribution in [3.8, 4) is 17.1 Å². The molecule has 4 rings (SSSR count). The third kappa shape index (κ3) is 4.90. The van der Waals surface area contributed by atoms with Crippen LogP contribution in [-0.4, -0.2) is 53.6 Å². The Balaban J connectivity index is 1.47. The fourth-order valence-electron chi connectivity index (χ4n) is 4.12. The van der Waals surface area contributed by atoms with Gasteiger partial charge in [-0.05, 0) is 25.0 Å². The van der Waals surface area contributed by atoms with Crippen LogP contribution in [0.15, 0.2) is 60.7 Å². The van der Waals surface area contributed by atoms with Gasteiger partial charge in [0.05, 0.1) is 0 Å². The summed E-state index contributed by atoms with van der Waals surface area (Å²) in [6.45, 7) is 9.26. The Kier molecular flexibility index (Phi) is 6.69. The first-order valence-electron chi connectivity index (χ1n) is 11.2. The molecule has 32 heavy (non-hydrogen) atoms. The minimum atomic E-state index is 0.0152. The van der Waals surface area contributed by atoms with Gasteiger partial charge in [-0.25, -0.2) is 9.97 Å². The number of benzene rings is 2. The van der Waals surface area contributed by atoms with Crippen molar-refractivity contribution in [1.82, 2.24) is 14.9 Å². The van der Waals surface area contributed by atoms with Crippen LogP contribution in [0.3, 0.4) is 0 Å². The van der Waals surface area contributed by atoms with E-state index in [1.807, 2.05) is 65.6 Å². The quantitative estimate of drug-likeness (QED) is 0.583. The first-order chi connectivity index (χ1) is 15.5. The van der Waals surface area contributed by atoms with Crippen LogP contribution < -0.4 is 9.64 Å². The molecule has 0 spiro atoms. The van der Waals surface area contributed by atoms with E-state index in [0.717, 1.165) is 36.0 Å². The van der Waals surface area contributed by atoms with Crippen LogP contribution in [0, 0.1) is 6.92 Å². The van der Waals surface area contributed by atoms with Crippen LogP contribution in [0.4, 0.5) is 5.82 Å². The van der Waals surface area contributed by atoms with Crippen molar-refractivity contribution < 1.29 is 9.53 Å². The molecule has 0 N–H and O–H groups in total. The fraction of sp³-hybridized carbons (Fsp3) is 0.346. The summed E-state index contributed by atoms with van der Waals surface area (Å²) in [5.74, 6) is 2.78. The van der Waals surface area contributed by atoms with Gasteiger partial charge in [0, 0.05) is 43.0 Å². The van der Waals surface area contributed by atoms with Gasteiger partial charge in [0.1, 0.15) is 11.6 Å². The first kappa shape index (κ1) is 21.8. The lowest BCUT2D eigenvalue weighted by molar-refractivity contribution is -0.133. The third-order valence-electron chi connectivity index (χ3n) is 5.76. The summed E-state index contributed by atoms with van der Waals surface area (Å²) in [6, 6.07) is 19.5. The number of nitrogens with zero attached hydrogens (tertiary/aromatic N) is 4. The largest absolute Gasteiger partial charge is 0.484 e. The Hall–Kier alpha value is -3.41. The van der Waals surface area contributed by atoms with Crippen molar-refractivity contribution in [3.05, 3.63) is 71.9 Å². The van der Waals surface area contributed by atoms with Crippen LogP contribution in [0.25, 0.3) is 11.4 Å². The van der Waals surface area contributed by atoms with Gasteiger partial charge >= 0.3 is 0 Å². The zero-order valence-corrected chi connectivity index (χ0v) is 19.0. The monoisotopic (exact) mass is 430 g/mol. The SMILES string of the molecule is Cc1nc(-c2ccccc2)nc(N2CCN(C(=O)COc3ccccc3)CC2)c1C(C)C. The van der Waals surface area contributed by atoms with E-state index in [0.29, 0.717) is 24.8 Å². The Morgan fingerprint density at radius 1 is 0.938 bits per heavy atom. The lowest BCUT2D eigenvalue weighted by Crippen LogP contribution is -2.50. The van der Waals surface area contributed by atoms with Gasteiger partial charge in [0.2, 0.25) is 0 Å². The molecule has 2 aromatic carbocycles. The molecule has 6 nitrogen and oxygen atoms in total. The molecule has 0 bridgehead atoms. The lowest BCUT2D eigenvalue weighted by atomic mass is 10.0. The molecule has 1 aliphatic heterocycles. The summed E-state index contributed by atoms with van der Waals surface area (Å²) in [6.07, 6.45) is 0. The summed E-state index contributed by atoms with van der Waals surface area (Å²) in [5.41, 5.74) is 3.20. The van der Waals surface area contributed by atoms with Crippen molar-refractivity contribution >= 4 is 11.7 Å². The zero-order valence-electron chi connectivity index (χ0n) is 19.0. The molecular weight excluding hydrogens is 400 g/mol. The van der Waals surface area contributed by atoms with E-state index in [4.69, 9.17) is 14.7 Å². The van der Waals surface area contributed by atoms with Gasteiger partial charge in [0.25, 0.3) is 5.91 Å². The molecule has 1 saturated heterocycles. The van der Waals surface area contributed by atoms with Crippen LogP contribution >= 0.6 is 0 Å². The predicted molar refractivity (Wildman–Crippen MR) is 127 cm³/mol. The second-order valence-corrected chi connectivity index (χ2v) is 8.36. The number of rotatable bonds is 6. The second-order valence-electron chi connectivity index (χ2n) is 8.36. The smallest absolute Gasteiger partial charge is 0.260 e. The Bertz CT molecular complexity index is 1050. The topological polar surface area (TPSA) is 58.6 Å². The maximum atomic E-state index is 12.6. The van der Waals surface area contributed by atoms with Gasteiger partial charge < -0.3 is 14.5 Å². The van der Waals surface area contributed by atoms with Crippen molar-refractivity contribution in [2.45, 2.75) is 26.7 Å². The summed E-state index contributed by atoms with van der Waals surface area (Å²) < 4.78 is 5.64. The number of aryl methyl sites for hydroxylation is 1. The maximum Gasteiger partial charge on any atom is 0.260 e. The van der Waals surface area contributed by atoms with Gasteiger partial charge in [-0.3, -0.25) is 4.79 Å². The van der Waals surface area contributed by atoms with Crippen molar-refractivity contribution in [2.24, 2.45) is 0 Å². The first-order valence-corrected chi connectivity index (χ1v) is 11.2. The Morgan fingerprint density at radius 2 is 1.56 bits per heavy atom. The zero-order chi connectivity index (χ0) is 22.5. The predicted octanol–water partition coefficient (Wildman–Crippen LogP) is 4.30. The molecule has 0 unspecified atom stereocenters. The normalized spacial score (nSPS) is 14.0.